The van der Waals surface area contributed by atoms with Gasteiger partial charge in [-0.1, -0.05) is 31.7 Å². The van der Waals surface area contributed by atoms with E-state index < -0.39 is 12.1 Å². The minimum Gasteiger partial charge on any atom is -0.491 e. The van der Waals surface area contributed by atoms with Gasteiger partial charge in [0.25, 0.3) is 0 Å². The van der Waals surface area contributed by atoms with Gasteiger partial charge in [-0.25, -0.2) is 4.79 Å². The third kappa shape index (κ3) is 6.06. The molecule has 4 heteroatoms. The molecule has 0 heterocycles. The van der Waals surface area contributed by atoms with Crippen LogP contribution in [0, 0.1) is 0 Å². The Bertz CT molecular complexity index is 400. The highest BCUT2D eigenvalue weighted by Gasteiger charge is 2.14. The zero-order valence-corrected chi connectivity index (χ0v) is 11.2. The maximum Gasteiger partial charge on any atom is 0.333 e. The lowest BCUT2D eigenvalue weighted by Gasteiger charge is -2.13. The first-order chi connectivity index (χ1) is 9.13. The van der Waals surface area contributed by atoms with Gasteiger partial charge in [0.1, 0.15) is 12.4 Å². The number of hydrogen-bond donors (Lipinski definition) is 1. The maximum atomic E-state index is 11.4. The summed E-state index contributed by atoms with van der Waals surface area (Å²) in [6.07, 6.45) is 0.135. The smallest absolute Gasteiger partial charge is 0.333 e. The molecule has 0 fully saturated rings. The van der Waals surface area contributed by atoms with E-state index in [9.17, 15) is 9.90 Å². The zero-order chi connectivity index (χ0) is 14.1. The number of hydrogen-bond acceptors (Lipinski definition) is 4. The fraction of sp³-hybridized carbons (Fsp3) is 0.400. The Balaban J connectivity index is 2.29. The van der Waals surface area contributed by atoms with Gasteiger partial charge < -0.3 is 14.6 Å². The van der Waals surface area contributed by atoms with Gasteiger partial charge in [0.05, 0.1) is 12.7 Å². The van der Waals surface area contributed by atoms with E-state index in [2.05, 4.69) is 6.58 Å². The first kappa shape index (κ1) is 15.2. The second-order valence-electron chi connectivity index (χ2n) is 4.22. The van der Waals surface area contributed by atoms with Crippen LogP contribution in [0.4, 0.5) is 0 Å². The summed E-state index contributed by atoms with van der Waals surface area (Å²) in [5.41, 5.74) is 0.262. The molecule has 1 aromatic rings. The SMILES string of the molecule is C=C(CC(O)COc1ccccc1)C(=O)OCCC. The van der Waals surface area contributed by atoms with Crippen molar-refractivity contribution < 1.29 is 19.4 Å². The summed E-state index contributed by atoms with van der Waals surface area (Å²) in [4.78, 5) is 11.4. The Morgan fingerprint density at radius 2 is 2.05 bits per heavy atom. The molecule has 0 saturated carbocycles. The van der Waals surface area contributed by atoms with Crippen LogP contribution < -0.4 is 4.74 Å². The molecule has 1 N–H and O–H groups in total. The summed E-state index contributed by atoms with van der Waals surface area (Å²) < 4.78 is 10.3. The molecule has 0 bridgehead atoms. The summed E-state index contributed by atoms with van der Waals surface area (Å²) in [7, 11) is 0. The molecule has 0 radical (unpaired) electrons. The van der Waals surface area contributed by atoms with Crippen LogP contribution in [0.15, 0.2) is 42.5 Å². The van der Waals surface area contributed by atoms with Crippen molar-refractivity contribution in [3.63, 3.8) is 0 Å². The van der Waals surface area contributed by atoms with Crippen LogP contribution in [-0.2, 0) is 9.53 Å². The van der Waals surface area contributed by atoms with Gasteiger partial charge in [0.2, 0.25) is 0 Å². The molecule has 0 saturated heterocycles. The number of para-hydroxylation sites is 1. The molecule has 0 aliphatic carbocycles. The third-order valence-electron chi connectivity index (χ3n) is 2.39. The number of benzene rings is 1. The van der Waals surface area contributed by atoms with Gasteiger partial charge in [-0.15, -0.1) is 0 Å². The Morgan fingerprint density at radius 3 is 2.68 bits per heavy atom. The van der Waals surface area contributed by atoms with Crippen LogP contribution >= 0.6 is 0 Å². The molecule has 19 heavy (non-hydrogen) atoms. The van der Waals surface area contributed by atoms with E-state index >= 15 is 0 Å². The minimum absolute atomic E-state index is 0.115. The Labute approximate surface area is 113 Å². The van der Waals surface area contributed by atoms with Crippen molar-refractivity contribution in [1.29, 1.82) is 0 Å². The topological polar surface area (TPSA) is 55.8 Å². The largest absolute Gasteiger partial charge is 0.491 e. The summed E-state index contributed by atoms with van der Waals surface area (Å²) in [5.74, 6) is 0.223. The molecule has 0 spiro atoms. The first-order valence-corrected chi connectivity index (χ1v) is 6.34. The van der Waals surface area contributed by atoms with Crippen LogP contribution in [0.1, 0.15) is 19.8 Å². The Hall–Kier alpha value is -1.81. The summed E-state index contributed by atoms with van der Waals surface area (Å²) >= 11 is 0. The Kier molecular flexibility index (Phi) is 6.68. The summed E-state index contributed by atoms with van der Waals surface area (Å²) in [6.45, 7) is 6.01. The van der Waals surface area contributed by atoms with E-state index in [1.165, 1.54) is 0 Å². The molecule has 1 rings (SSSR count). The molecule has 0 aliphatic rings. The molecule has 0 aromatic heterocycles. The Morgan fingerprint density at radius 1 is 1.37 bits per heavy atom. The van der Waals surface area contributed by atoms with E-state index in [1.807, 2.05) is 25.1 Å². The lowest BCUT2D eigenvalue weighted by Crippen LogP contribution is -2.21. The number of carbonyl (C=O) groups excluding carboxylic acids is 1. The monoisotopic (exact) mass is 264 g/mol. The average molecular weight is 264 g/mol. The van der Waals surface area contributed by atoms with Gasteiger partial charge in [-0.2, -0.15) is 0 Å². The highest BCUT2D eigenvalue weighted by atomic mass is 16.5. The van der Waals surface area contributed by atoms with Gasteiger partial charge in [0.15, 0.2) is 0 Å². The molecule has 4 nitrogen and oxygen atoms in total. The quantitative estimate of drug-likeness (QED) is 0.578. The fourth-order valence-electron chi connectivity index (χ4n) is 1.43. The number of esters is 1. The molecule has 1 atom stereocenters. The van der Waals surface area contributed by atoms with E-state index in [0.717, 1.165) is 6.42 Å². The zero-order valence-electron chi connectivity index (χ0n) is 11.2. The first-order valence-electron chi connectivity index (χ1n) is 6.34. The van der Waals surface area contributed by atoms with Crippen LogP contribution in [0.25, 0.3) is 0 Å². The fourth-order valence-corrected chi connectivity index (χ4v) is 1.43. The average Bonchev–Trinajstić information content (AvgIpc) is 2.43. The lowest BCUT2D eigenvalue weighted by atomic mass is 10.1. The standard InChI is InChI=1S/C15H20O4/c1-3-9-18-15(17)12(2)10-13(16)11-19-14-7-5-4-6-8-14/h4-8,13,16H,2-3,9-11H2,1H3. The van der Waals surface area contributed by atoms with Crippen molar-refractivity contribution in [3.05, 3.63) is 42.5 Å². The van der Waals surface area contributed by atoms with Gasteiger partial charge in [-0.3, -0.25) is 0 Å². The molecular weight excluding hydrogens is 244 g/mol. The summed E-state index contributed by atoms with van der Waals surface area (Å²) in [6, 6.07) is 9.19. The van der Waals surface area contributed by atoms with Crippen molar-refractivity contribution >= 4 is 5.97 Å². The second-order valence-corrected chi connectivity index (χ2v) is 4.22. The van der Waals surface area contributed by atoms with E-state index in [1.54, 1.807) is 12.1 Å². The van der Waals surface area contributed by atoms with Crippen LogP contribution in [0.2, 0.25) is 0 Å². The molecule has 1 unspecified atom stereocenters. The van der Waals surface area contributed by atoms with Crippen molar-refractivity contribution in [2.75, 3.05) is 13.2 Å². The molecule has 0 amide bonds. The number of aliphatic hydroxyl groups is 1. The third-order valence-corrected chi connectivity index (χ3v) is 2.39. The maximum absolute atomic E-state index is 11.4. The molecule has 104 valence electrons. The van der Waals surface area contributed by atoms with Crippen LogP contribution in [0.3, 0.4) is 0 Å². The van der Waals surface area contributed by atoms with Gasteiger partial charge in [0, 0.05) is 12.0 Å². The van der Waals surface area contributed by atoms with Gasteiger partial charge >= 0.3 is 5.97 Å². The van der Waals surface area contributed by atoms with Gasteiger partial charge in [-0.05, 0) is 18.6 Å². The minimum atomic E-state index is -0.776. The highest BCUT2D eigenvalue weighted by Crippen LogP contribution is 2.11. The normalized spacial score (nSPS) is 11.7. The van der Waals surface area contributed by atoms with E-state index in [0.29, 0.717) is 12.4 Å². The predicted octanol–water partition coefficient (Wildman–Crippen LogP) is 2.33. The van der Waals surface area contributed by atoms with Crippen molar-refractivity contribution in [1.82, 2.24) is 0 Å². The van der Waals surface area contributed by atoms with Crippen molar-refractivity contribution in [3.8, 4) is 5.75 Å². The number of aliphatic hydroxyl groups excluding tert-OH is 1. The number of carbonyl (C=O) groups is 1. The molecular formula is C15H20O4. The lowest BCUT2D eigenvalue weighted by molar-refractivity contribution is -0.139. The predicted molar refractivity (Wildman–Crippen MR) is 73.0 cm³/mol. The highest BCUT2D eigenvalue weighted by molar-refractivity contribution is 5.87. The molecule has 1 aromatic carbocycles. The molecule has 0 aliphatic heterocycles. The van der Waals surface area contributed by atoms with Crippen molar-refractivity contribution in [2.45, 2.75) is 25.9 Å². The van der Waals surface area contributed by atoms with Crippen molar-refractivity contribution in [2.24, 2.45) is 0 Å². The van der Waals surface area contributed by atoms with E-state index in [-0.39, 0.29) is 18.6 Å². The van der Waals surface area contributed by atoms with Crippen LogP contribution in [-0.4, -0.2) is 30.4 Å². The second kappa shape index (κ2) is 8.32. The number of rotatable bonds is 8. The van der Waals surface area contributed by atoms with Crippen LogP contribution in [0.5, 0.6) is 5.75 Å². The van der Waals surface area contributed by atoms with E-state index in [4.69, 9.17) is 9.47 Å². The summed E-state index contributed by atoms with van der Waals surface area (Å²) in [5, 5.41) is 9.76. The number of ether oxygens (including phenoxy) is 2.